The Morgan fingerprint density at radius 2 is 1.70 bits per heavy atom. The number of hydrogen-bond donors (Lipinski definition) is 2. The van der Waals surface area contributed by atoms with Gasteiger partial charge in [-0.2, -0.15) is 10.4 Å². The maximum atomic E-state index is 12.3. The fraction of sp³-hybridized carbons (Fsp3) is 0.208. The summed E-state index contributed by atoms with van der Waals surface area (Å²) in [5.41, 5.74) is 9.53. The molecule has 1 heterocycles. The smallest absolute Gasteiger partial charge is 0.254 e. The lowest BCUT2D eigenvalue weighted by Crippen LogP contribution is -2.22. The van der Waals surface area contributed by atoms with Gasteiger partial charge in [0.1, 0.15) is 0 Å². The average molecular weight is 399 g/mol. The molecule has 0 atom stereocenters. The second-order valence-corrected chi connectivity index (χ2v) is 6.64. The van der Waals surface area contributed by atoms with Gasteiger partial charge in [-0.05, 0) is 30.5 Å². The van der Waals surface area contributed by atoms with Gasteiger partial charge in [0, 0.05) is 18.8 Å². The van der Waals surface area contributed by atoms with Gasteiger partial charge in [-0.25, -0.2) is 0 Å². The topological polar surface area (TPSA) is 96.7 Å². The normalized spacial score (nSPS) is 9.37. The SMILES string of the molecule is CC#CN.Cc1ccc(CNC(=O)c2cnn(Cc3ccc(CC#N)cc3)c2)cc1. The molecule has 0 aliphatic rings. The van der Waals surface area contributed by atoms with Crippen LogP contribution in [0.25, 0.3) is 0 Å². The summed E-state index contributed by atoms with van der Waals surface area (Å²) in [7, 11) is 0. The van der Waals surface area contributed by atoms with Crippen molar-refractivity contribution < 1.29 is 4.79 Å². The fourth-order valence-corrected chi connectivity index (χ4v) is 2.60. The second kappa shape index (κ2) is 11.7. The molecule has 30 heavy (non-hydrogen) atoms. The van der Waals surface area contributed by atoms with E-state index in [1.807, 2.05) is 55.5 Å². The molecule has 0 radical (unpaired) electrons. The molecule has 3 N–H and O–H groups in total. The van der Waals surface area contributed by atoms with E-state index in [0.29, 0.717) is 25.1 Å². The lowest BCUT2D eigenvalue weighted by Gasteiger charge is -2.04. The summed E-state index contributed by atoms with van der Waals surface area (Å²) in [5, 5.41) is 15.9. The molecule has 0 aliphatic carbocycles. The molecule has 0 saturated carbocycles. The Morgan fingerprint density at radius 3 is 2.30 bits per heavy atom. The molecule has 3 rings (SSSR count). The molecule has 2 aromatic carbocycles. The number of amides is 1. The molecule has 0 saturated heterocycles. The number of benzene rings is 2. The Morgan fingerprint density at radius 1 is 1.10 bits per heavy atom. The van der Waals surface area contributed by atoms with E-state index in [9.17, 15) is 4.79 Å². The highest BCUT2D eigenvalue weighted by molar-refractivity contribution is 5.93. The van der Waals surface area contributed by atoms with Gasteiger partial charge in [0.05, 0.1) is 30.8 Å². The van der Waals surface area contributed by atoms with Crippen LogP contribution in [0.3, 0.4) is 0 Å². The number of rotatable bonds is 6. The number of nitrogens with two attached hydrogens (primary N) is 1. The van der Waals surface area contributed by atoms with Crippen molar-refractivity contribution in [2.24, 2.45) is 5.73 Å². The molecule has 0 aliphatic heterocycles. The van der Waals surface area contributed by atoms with Crippen molar-refractivity contribution in [3.8, 4) is 18.0 Å². The van der Waals surface area contributed by atoms with Crippen LogP contribution in [0.15, 0.2) is 60.9 Å². The van der Waals surface area contributed by atoms with Crippen molar-refractivity contribution in [1.82, 2.24) is 15.1 Å². The Bertz CT molecular complexity index is 1040. The zero-order valence-electron chi connectivity index (χ0n) is 17.2. The Labute approximate surface area is 177 Å². The van der Waals surface area contributed by atoms with Crippen molar-refractivity contribution in [3.05, 3.63) is 88.7 Å². The van der Waals surface area contributed by atoms with Gasteiger partial charge in [0.2, 0.25) is 0 Å². The molecule has 0 bridgehead atoms. The predicted octanol–water partition coefficient (Wildman–Crippen LogP) is 3.16. The molecule has 0 spiro atoms. The Hall–Kier alpha value is -4.03. The molecule has 1 aromatic heterocycles. The van der Waals surface area contributed by atoms with Gasteiger partial charge < -0.3 is 11.1 Å². The standard InChI is InChI=1S/C21H20N4O.C3H5N/c1-16-2-4-18(5-3-16)12-23-21(26)20-13-24-25(15-20)14-19-8-6-17(7-9-19)10-11-22;1-2-3-4/h2-9,13,15H,10,12,14H2,1H3,(H,23,26);4H2,1H3. The summed E-state index contributed by atoms with van der Waals surface area (Å²) in [4.78, 5) is 12.3. The molecule has 1 amide bonds. The number of aryl methyl sites for hydroxylation is 1. The molecule has 6 nitrogen and oxygen atoms in total. The van der Waals surface area contributed by atoms with Gasteiger partial charge in [0.15, 0.2) is 0 Å². The first-order chi connectivity index (χ1) is 14.5. The summed E-state index contributed by atoms with van der Waals surface area (Å²) in [6, 6.07) is 20.2. The number of carbonyl (C=O) groups is 1. The van der Waals surface area contributed by atoms with Crippen molar-refractivity contribution in [2.75, 3.05) is 0 Å². The highest BCUT2D eigenvalue weighted by Crippen LogP contribution is 2.08. The minimum Gasteiger partial charge on any atom is -0.359 e. The second-order valence-electron chi connectivity index (χ2n) is 6.64. The summed E-state index contributed by atoms with van der Waals surface area (Å²) >= 11 is 0. The molecule has 6 heteroatoms. The van der Waals surface area contributed by atoms with Crippen LogP contribution >= 0.6 is 0 Å². The molecule has 0 fully saturated rings. The average Bonchev–Trinajstić information content (AvgIpc) is 3.23. The van der Waals surface area contributed by atoms with Crippen molar-refractivity contribution in [3.63, 3.8) is 0 Å². The Balaban J connectivity index is 0.000000735. The van der Waals surface area contributed by atoms with Crippen LogP contribution < -0.4 is 11.1 Å². The third-order valence-corrected chi connectivity index (χ3v) is 4.26. The van der Waals surface area contributed by atoms with Crippen LogP contribution in [0, 0.1) is 30.2 Å². The fourth-order valence-electron chi connectivity index (χ4n) is 2.60. The van der Waals surface area contributed by atoms with Gasteiger partial charge in [-0.1, -0.05) is 60.0 Å². The number of aromatic nitrogens is 2. The van der Waals surface area contributed by atoms with E-state index in [4.69, 9.17) is 5.26 Å². The van der Waals surface area contributed by atoms with Crippen LogP contribution in [0.1, 0.15) is 39.5 Å². The quantitative estimate of drug-likeness (QED) is 0.491. The van der Waals surface area contributed by atoms with Crippen LogP contribution in [0.4, 0.5) is 0 Å². The van der Waals surface area contributed by atoms with Crippen LogP contribution in [-0.2, 0) is 19.5 Å². The number of hydrogen-bond acceptors (Lipinski definition) is 4. The third-order valence-electron chi connectivity index (χ3n) is 4.26. The maximum Gasteiger partial charge on any atom is 0.254 e. The predicted molar refractivity (Wildman–Crippen MR) is 117 cm³/mol. The summed E-state index contributed by atoms with van der Waals surface area (Å²) < 4.78 is 1.74. The minimum absolute atomic E-state index is 0.138. The maximum absolute atomic E-state index is 12.3. The lowest BCUT2D eigenvalue weighted by molar-refractivity contribution is 0.0951. The van der Waals surface area contributed by atoms with E-state index in [0.717, 1.165) is 16.7 Å². The number of nitrogens with one attached hydrogen (secondary N) is 1. The van der Waals surface area contributed by atoms with Gasteiger partial charge in [-0.3, -0.25) is 9.48 Å². The first-order valence-electron chi connectivity index (χ1n) is 9.49. The molecular formula is C24H25N5O. The number of nitrogens with zero attached hydrogens (tertiary/aromatic N) is 3. The molecule has 0 unspecified atom stereocenters. The Kier molecular flexibility index (Phi) is 8.71. The van der Waals surface area contributed by atoms with Crippen LogP contribution in [0.5, 0.6) is 0 Å². The van der Waals surface area contributed by atoms with Crippen molar-refractivity contribution in [2.45, 2.75) is 33.4 Å². The minimum atomic E-state index is -0.138. The molecule has 152 valence electrons. The summed E-state index contributed by atoms with van der Waals surface area (Å²) in [6.45, 7) is 4.80. The highest BCUT2D eigenvalue weighted by atomic mass is 16.1. The number of nitriles is 1. The zero-order valence-corrected chi connectivity index (χ0v) is 17.2. The van der Waals surface area contributed by atoms with Crippen molar-refractivity contribution >= 4 is 5.91 Å². The van der Waals surface area contributed by atoms with E-state index in [1.54, 1.807) is 24.0 Å². The van der Waals surface area contributed by atoms with Crippen LogP contribution in [0.2, 0.25) is 0 Å². The van der Waals surface area contributed by atoms with Gasteiger partial charge in [0.25, 0.3) is 5.91 Å². The van der Waals surface area contributed by atoms with Crippen molar-refractivity contribution in [1.29, 1.82) is 5.26 Å². The van der Waals surface area contributed by atoms with E-state index >= 15 is 0 Å². The zero-order chi connectivity index (χ0) is 21.8. The largest absolute Gasteiger partial charge is 0.359 e. The van der Waals surface area contributed by atoms with Gasteiger partial charge >= 0.3 is 0 Å². The van der Waals surface area contributed by atoms with E-state index in [2.05, 4.69) is 34.2 Å². The molecule has 3 aromatic rings. The first-order valence-corrected chi connectivity index (χ1v) is 9.49. The van der Waals surface area contributed by atoms with E-state index in [-0.39, 0.29) is 5.91 Å². The monoisotopic (exact) mass is 399 g/mol. The summed E-state index contributed by atoms with van der Waals surface area (Å²) in [6.07, 6.45) is 3.73. The van der Waals surface area contributed by atoms with Crippen LogP contribution in [-0.4, -0.2) is 15.7 Å². The molecular weight excluding hydrogens is 374 g/mol. The number of carbonyl (C=O) groups excluding carboxylic acids is 1. The van der Waals surface area contributed by atoms with E-state index < -0.39 is 0 Å². The van der Waals surface area contributed by atoms with E-state index in [1.165, 1.54) is 5.56 Å². The van der Waals surface area contributed by atoms with Gasteiger partial charge in [-0.15, -0.1) is 0 Å². The highest BCUT2D eigenvalue weighted by Gasteiger charge is 2.08. The lowest BCUT2D eigenvalue weighted by atomic mass is 10.1. The third kappa shape index (κ3) is 7.18. The first kappa shape index (κ1) is 22.3. The summed E-state index contributed by atoms with van der Waals surface area (Å²) in [5.74, 6) is 2.32.